The molecule has 0 spiro atoms. The van der Waals surface area contributed by atoms with Crippen molar-refractivity contribution in [3.05, 3.63) is 151 Å². The Morgan fingerprint density at radius 1 is 0.717 bits per heavy atom. The van der Waals surface area contributed by atoms with Gasteiger partial charge >= 0.3 is 138 Å². The molecular weight excluding hydrogens is 905 g/mol. The van der Waals surface area contributed by atoms with Gasteiger partial charge in [-0.25, -0.2) is 0 Å². The van der Waals surface area contributed by atoms with Crippen molar-refractivity contribution in [1.29, 1.82) is 0 Å². The average molecular weight is 950 g/mol. The first kappa shape index (κ1) is 32.1. The maximum absolute atomic E-state index is 8.52. The smallest absolute Gasteiger partial charge is 0 e. The minimum atomic E-state index is -2.32. The average Bonchev–Trinajstić information content (AvgIpc) is 3.75. The largest absolute Gasteiger partial charge is 0 e. The van der Waals surface area contributed by atoms with Crippen molar-refractivity contribution in [3.63, 3.8) is 0 Å². The van der Waals surface area contributed by atoms with Crippen LogP contribution in [-0.2, 0) is 20.1 Å². The van der Waals surface area contributed by atoms with Gasteiger partial charge in [-0.15, -0.1) is 23.8 Å². The Morgan fingerprint density at radius 3 is 2.19 bits per heavy atom. The first-order valence-corrected chi connectivity index (χ1v) is 25.6. The predicted molar refractivity (Wildman–Crippen MR) is 224 cm³/mol. The van der Waals surface area contributed by atoms with Crippen LogP contribution >= 0.6 is 11.3 Å². The second-order valence-corrected chi connectivity index (χ2v) is 26.0. The Kier molecular flexibility index (Phi) is 9.17. The Hall–Kier alpha value is -4.39. The van der Waals surface area contributed by atoms with Crippen LogP contribution in [0, 0.1) is 19.0 Å². The zero-order chi connectivity index (χ0) is 39.4. The van der Waals surface area contributed by atoms with E-state index in [4.69, 9.17) is 14.9 Å². The van der Waals surface area contributed by atoms with Crippen molar-refractivity contribution in [2.45, 2.75) is 43.9 Å². The van der Waals surface area contributed by atoms with Crippen LogP contribution < -0.4 is 4.40 Å². The zero-order valence-electron chi connectivity index (χ0n) is 34.2. The molecule has 265 valence electrons. The summed E-state index contributed by atoms with van der Waals surface area (Å²) in [7, 11) is 0. The van der Waals surface area contributed by atoms with E-state index in [0.717, 1.165) is 48.8 Å². The normalized spacial score (nSPS) is 13.2. The molecule has 9 rings (SSSR count). The molecule has 0 saturated heterocycles. The fourth-order valence-electron chi connectivity index (χ4n) is 6.61. The van der Waals surface area contributed by atoms with Gasteiger partial charge in [-0.1, -0.05) is 67.8 Å². The van der Waals surface area contributed by atoms with Crippen LogP contribution in [0.1, 0.15) is 36.4 Å². The monoisotopic (exact) mass is 951 g/mol. The molecule has 0 N–H and O–H groups in total. The Bertz CT molecular complexity index is 2870. The number of benzene rings is 5. The first-order valence-electron chi connectivity index (χ1n) is 19.4. The molecule has 0 atom stereocenters. The number of aromatic nitrogens is 2. The van der Waals surface area contributed by atoms with Crippen LogP contribution in [0.4, 0.5) is 0 Å². The molecule has 4 heterocycles. The van der Waals surface area contributed by atoms with Crippen molar-refractivity contribution < 1.29 is 30.0 Å². The number of fused-ring (bicyclic) bond motifs is 6. The SMILES string of the molecule is [2H]C([2H])([2H])c1cnc(-c2[c-]ccc3c2sc2cc(-c4ccccc4)ccc23)cc1C([2H])(C)C.[CH3][Ge]([CH3])([CH3])[c]1ccc(-c2[c-]ccc3c2oc2ccccc23)nc1.[Ir]. The van der Waals surface area contributed by atoms with E-state index >= 15 is 0 Å². The van der Waals surface area contributed by atoms with Crippen LogP contribution in [-0.4, -0.2) is 23.2 Å². The quantitative estimate of drug-likeness (QED) is 0.127. The third-order valence-electron chi connectivity index (χ3n) is 9.46. The van der Waals surface area contributed by atoms with Gasteiger partial charge in [0.25, 0.3) is 0 Å². The molecule has 0 bridgehead atoms. The minimum absolute atomic E-state index is 0. The van der Waals surface area contributed by atoms with Gasteiger partial charge in [0, 0.05) is 36.5 Å². The first-order chi connectivity index (χ1) is 26.7. The number of rotatable bonds is 5. The predicted octanol–water partition coefficient (Wildman–Crippen LogP) is 13.0. The van der Waals surface area contributed by atoms with Gasteiger partial charge in [-0.2, -0.15) is 11.3 Å². The molecule has 5 aromatic carbocycles. The van der Waals surface area contributed by atoms with Crippen LogP contribution in [0.5, 0.6) is 0 Å². The summed E-state index contributed by atoms with van der Waals surface area (Å²) in [5, 5.41) is 4.55. The van der Waals surface area contributed by atoms with Crippen molar-refractivity contribution in [1.82, 2.24) is 9.97 Å². The van der Waals surface area contributed by atoms with E-state index < -0.39 is 26.0 Å². The Labute approximate surface area is 337 Å². The van der Waals surface area contributed by atoms with E-state index in [-0.39, 0.29) is 25.7 Å². The van der Waals surface area contributed by atoms with Gasteiger partial charge in [0.1, 0.15) is 0 Å². The van der Waals surface area contributed by atoms with E-state index in [2.05, 4.69) is 95.0 Å². The number of hydrogen-bond donors (Lipinski definition) is 0. The number of aryl methyl sites for hydroxylation is 1. The summed E-state index contributed by atoms with van der Waals surface area (Å²) in [4.78, 5) is 9.20. The molecule has 9 aromatic rings. The Morgan fingerprint density at radius 2 is 1.45 bits per heavy atom. The molecule has 0 aliphatic heterocycles. The summed E-state index contributed by atoms with van der Waals surface area (Å²) in [6.07, 6.45) is 3.44. The molecule has 0 amide bonds. The summed E-state index contributed by atoms with van der Waals surface area (Å²) < 4.78 is 41.8. The van der Waals surface area contributed by atoms with Gasteiger partial charge in [0.2, 0.25) is 0 Å². The van der Waals surface area contributed by atoms with Gasteiger partial charge < -0.3 is 4.98 Å². The molecule has 6 heteroatoms. The van der Waals surface area contributed by atoms with Gasteiger partial charge in [-0.05, 0) is 56.8 Å². The molecule has 0 saturated carbocycles. The maximum Gasteiger partial charge on any atom is 0 e. The molecule has 4 aromatic heterocycles. The number of hydrogen-bond acceptors (Lipinski definition) is 4. The van der Waals surface area contributed by atoms with Crippen LogP contribution in [0.2, 0.25) is 17.3 Å². The molecule has 0 fully saturated rings. The zero-order valence-corrected chi connectivity index (χ0v) is 35.5. The maximum atomic E-state index is 8.52. The van der Waals surface area contributed by atoms with E-state index in [9.17, 15) is 0 Å². The number of para-hydroxylation sites is 1. The van der Waals surface area contributed by atoms with E-state index in [0.29, 0.717) is 11.3 Å². The molecule has 0 unspecified atom stereocenters. The van der Waals surface area contributed by atoms with Gasteiger partial charge in [0.05, 0.1) is 0 Å². The van der Waals surface area contributed by atoms with Crippen molar-refractivity contribution in [2.24, 2.45) is 0 Å². The Balaban J connectivity index is 0.000000182. The summed E-state index contributed by atoms with van der Waals surface area (Å²) in [6, 6.07) is 45.6. The fourth-order valence-corrected chi connectivity index (χ4v) is 10.0. The summed E-state index contributed by atoms with van der Waals surface area (Å²) in [6.45, 7) is 1.09. The molecule has 3 nitrogen and oxygen atoms in total. The van der Waals surface area contributed by atoms with E-state index in [1.807, 2.05) is 54.7 Å². The summed E-state index contributed by atoms with van der Waals surface area (Å²) >= 11 is -0.149. The minimum Gasteiger partial charge on any atom is 0 e. The molecule has 53 heavy (non-hydrogen) atoms. The van der Waals surface area contributed by atoms with Gasteiger partial charge in [0.15, 0.2) is 0 Å². The number of nitrogens with zero attached hydrogens (tertiary/aromatic N) is 2. The van der Waals surface area contributed by atoms with Gasteiger partial charge in [-0.3, -0.25) is 0 Å². The molecule has 1 radical (unpaired) electrons. The third kappa shape index (κ3) is 7.28. The standard InChI is InChI=1S/C27H22NS.C20H18GeNO.Ir/c1-17(2)24-15-25(28-16-18(24)3)23-11-7-10-22-21-13-12-20(14-26(21)29-27(22)23)19-8-5-4-6-9-19;1-21(2,3)14-11-12-18(22-13-14)17-9-6-8-16-15-7-4-5-10-19(15)23-20(16)17;/h4-10,12-17H,1-3H3;4-8,10-13H,1-3H3;/q2*-1;/i3D3,17D;;. The van der Waals surface area contributed by atoms with E-state index in [1.165, 1.54) is 31.8 Å². The third-order valence-corrected chi connectivity index (χ3v) is 14.9. The summed E-state index contributed by atoms with van der Waals surface area (Å²) in [5.74, 6) is 6.06. The molecular formula is C47H40GeIrN2OS-2. The van der Waals surface area contributed by atoms with Crippen molar-refractivity contribution in [2.75, 3.05) is 0 Å². The fraction of sp³-hybridized carbons (Fsp3) is 0.149. The van der Waals surface area contributed by atoms with Crippen LogP contribution in [0.3, 0.4) is 0 Å². The van der Waals surface area contributed by atoms with Crippen LogP contribution in [0.25, 0.3) is 75.8 Å². The summed E-state index contributed by atoms with van der Waals surface area (Å²) in [5.41, 5.74) is 8.03. The molecule has 0 aliphatic rings. The topological polar surface area (TPSA) is 38.9 Å². The number of furan rings is 1. The van der Waals surface area contributed by atoms with Crippen molar-refractivity contribution >= 4 is 71.1 Å². The van der Waals surface area contributed by atoms with Crippen molar-refractivity contribution in [3.8, 4) is 33.6 Å². The number of thiophene rings is 1. The van der Waals surface area contributed by atoms with Crippen LogP contribution in [0.15, 0.2) is 132 Å². The van der Waals surface area contributed by atoms with E-state index in [1.54, 1.807) is 31.3 Å². The number of pyridine rings is 2. The molecule has 0 aliphatic carbocycles. The second kappa shape index (κ2) is 15.2. The second-order valence-electron chi connectivity index (χ2n) is 14.3.